The second-order valence-corrected chi connectivity index (χ2v) is 7.71. The Balaban J connectivity index is 2.39. The molecule has 0 bridgehead atoms. The van der Waals surface area contributed by atoms with Crippen molar-refractivity contribution in [3.8, 4) is 0 Å². The molecule has 1 heterocycles. The van der Waals surface area contributed by atoms with Gasteiger partial charge in [0.25, 0.3) is 0 Å². The zero-order chi connectivity index (χ0) is 13.8. The van der Waals surface area contributed by atoms with Crippen LogP contribution in [0, 0.1) is 5.92 Å². The highest BCUT2D eigenvalue weighted by atomic mass is 32.2. The van der Waals surface area contributed by atoms with Gasteiger partial charge in [-0.3, -0.25) is 4.79 Å². The summed E-state index contributed by atoms with van der Waals surface area (Å²) >= 11 is 0. The van der Waals surface area contributed by atoms with Crippen molar-refractivity contribution >= 4 is 15.7 Å². The maximum atomic E-state index is 11.8. The molecule has 1 aliphatic heterocycles. The molecule has 1 aliphatic rings. The molecule has 0 radical (unpaired) electrons. The smallest absolute Gasteiger partial charge is 0.236 e. The molecule has 6 heteroatoms. The molecule has 106 valence electrons. The molecular formula is C12H24N2O3S. The maximum Gasteiger partial charge on any atom is 0.236 e. The van der Waals surface area contributed by atoms with Crippen LogP contribution in [0.2, 0.25) is 0 Å². The second kappa shape index (κ2) is 6.52. The molecule has 0 saturated carbocycles. The van der Waals surface area contributed by atoms with Gasteiger partial charge in [0.05, 0.1) is 17.5 Å². The number of nitrogens with one attached hydrogen (secondary N) is 2. The molecule has 5 nitrogen and oxygen atoms in total. The van der Waals surface area contributed by atoms with Crippen LogP contribution in [-0.2, 0) is 14.6 Å². The van der Waals surface area contributed by atoms with Gasteiger partial charge in [-0.1, -0.05) is 13.8 Å². The average Bonchev–Trinajstić information content (AvgIpc) is 2.24. The first-order chi connectivity index (χ1) is 8.30. The molecule has 2 unspecified atom stereocenters. The van der Waals surface area contributed by atoms with E-state index in [2.05, 4.69) is 10.6 Å². The highest BCUT2D eigenvalue weighted by Crippen LogP contribution is 2.12. The Morgan fingerprint density at radius 1 is 1.33 bits per heavy atom. The van der Waals surface area contributed by atoms with Crippen LogP contribution in [0.5, 0.6) is 0 Å². The first-order valence-electron chi connectivity index (χ1n) is 6.54. The maximum absolute atomic E-state index is 11.8. The van der Waals surface area contributed by atoms with Crippen molar-refractivity contribution in [1.29, 1.82) is 0 Å². The van der Waals surface area contributed by atoms with E-state index in [9.17, 15) is 13.2 Å². The van der Waals surface area contributed by atoms with E-state index in [1.807, 2.05) is 13.8 Å². The van der Waals surface area contributed by atoms with Gasteiger partial charge in [-0.05, 0) is 25.7 Å². The van der Waals surface area contributed by atoms with E-state index in [0.29, 0.717) is 18.9 Å². The van der Waals surface area contributed by atoms with Gasteiger partial charge in [0.2, 0.25) is 5.91 Å². The minimum Gasteiger partial charge on any atom is -0.354 e. The van der Waals surface area contributed by atoms with Crippen molar-refractivity contribution < 1.29 is 13.2 Å². The van der Waals surface area contributed by atoms with Gasteiger partial charge in [-0.15, -0.1) is 0 Å². The van der Waals surface area contributed by atoms with Gasteiger partial charge in [-0.2, -0.15) is 0 Å². The highest BCUT2D eigenvalue weighted by Gasteiger charge is 2.27. The lowest BCUT2D eigenvalue weighted by Crippen LogP contribution is -2.50. The summed E-state index contributed by atoms with van der Waals surface area (Å²) < 4.78 is 23.0. The van der Waals surface area contributed by atoms with E-state index >= 15 is 0 Å². The Bertz CT molecular complexity index is 379. The molecule has 1 rings (SSSR count). The Morgan fingerprint density at radius 3 is 2.56 bits per heavy atom. The van der Waals surface area contributed by atoms with Crippen LogP contribution < -0.4 is 10.6 Å². The first kappa shape index (κ1) is 15.4. The third kappa shape index (κ3) is 5.35. The fraction of sp³-hybridized carbons (Fsp3) is 0.917. The quantitative estimate of drug-likeness (QED) is 0.758. The average molecular weight is 276 g/mol. The molecule has 0 aliphatic carbocycles. The van der Waals surface area contributed by atoms with Crippen LogP contribution in [0.1, 0.15) is 33.6 Å². The number of rotatable bonds is 5. The lowest BCUT2D eigenvalue weighted by molar-refractivity contribution is -0.123. The standard InChI is InChI=1S/C12H24N2O3S/c1-9(2)7-13-12(15)10(3)14-11-5-4-6-18(16,17)8-11/h9-11,14H,4-8H2,1-3H3,(H,13,15). The molecule has 1 saturated heterocycles. The van der Waals surface area contributed by atoms with Crippen molar-refractivity contribution in [1.82, 2.24) is 10.6 Å². The van der Waals surface area contributed by atoms with Gasteiger partial charge in [0.15, 0.2) is 9.84 Å². The molecule has 0 aromatic carbocycles. The van der Waals surface area contributed by atoms with E-state index < -0.39 is 9.84 Å². The van der Waals surface area contributed by atoms with Gasteiger partial charge >= 0.3 is 0 Å². The zero-order valence-electron chi connectivity index (χ0n) is 11.4. The van der Waals surface area contributed by atoms with Gasteiger partial charge in [0, 0.05) is 12.6 Å². The highest BCUT2D eigenvalue weighted by molar-refractivity contribution is 7.91. The summed E-state index contributed by atoms with van der Waals surface area (Å²) in [6.07, 6.45) is 1.50. The number of sulfone groups is 1. The largest absolute Gasteiger partial charge is 0.354 e. The molecule has 0 aromatic heterocycles. The predicted octanol–water partition coefficient (Wildman–Crippen LogP) is 0.314. The van der Waals surface area contributed by atoms with Crippen molar-refractivity contribution in [3.05, 3.63) is 0 Å². The Morgan fingerprint density at radius 2 is 2.00 bits per heavy atom. The topological polar surface area (TPSA) is 75.3 Å². The minimum absolute atomic E-state index is 0.0633. The molecule has 0 spiro atoms. The molecule has 1 fully saturated rings. The van der Waals surface area contributed by atoms with Crippen molar-refractivity contribution in [2.75, 3.05) is 18.1 Å². The predicted molar refractivity (Wildman–Crippen MR) is 72.1 cm³/mol. The summed E-state index contributed by atoms with van der Waals surface area (Å²) in [7, 11) is -2.92. The van der Waals surface area contributed by atoms with Gasteiger partial charge in [0.1, 0.15) is 0 Å². The number of carbonyl (C=O) groups excluding carboxylic acids is 1. The Hall–Kier alpha value is -0.620. The van der Waals surface area contributed by atoms with Crippen LogP contribution in [0.3, 0.4) is 0 Å². The fourth-order valence-corrected chi connectivity index (χ4v) is 3.69. The normalized spacial score (nSPS) is 24.8. The number of amides is 1. The van der Waals surface area contributed by atoms with Crippen LogP contribution in [0.25, 0.3) is 0 Å². The van der Waals surface area contributed by atoms with Gasteiger partial charge < -0.3 is 10.6 Å². The van der Waals surface area contributed by atoms with Gasteiger partial charge in [-0.25, -0.2) is 8.42 Å². The Kier molecular flexibility index (Phi) is 5.59. The van der Waals surface area contributed by atoms with Crippen LogP contribution >= 0.6 is 0 Å². The van der Waals surface area contributed by atoms with E-state index in [1.54, 1.807) is 6.92 Å². The fourth-order valence-electron chi connectivity index (χ4n) is 2.04. The lowest BCUT2D eigenvalue weighted by Gasteiger charge is -2.26. The molecule has 2 atom stereocenters. The lowest BCUT2D eigenvalue weighted by atomic mass is 10.1. The molecule has 18 heavy (non-hydrogen) atoms. The summed E-state index contributed by atoms with van der Waals surface area (Å²) in [6.45, 7) is 6.49. The molecule has 2 N–H and O–H groups in total. The van der Waals surface area contributed by atoms with Crippen molar-refractivity contribution in [3.63, 3.8) is 0 Å². The zero-order valence-corrected chi connectivity index (χ0v) is 12.2. The summed E-state index contributed by atoms with van der Waals surface area (Å²) in [4.78, 5) is 11.8. The minimum atomic E-state index is -2.92. The van der Waals surface area contributed by atoms with Crippen molar-refractivity contribution in [2.45, 2.75) is 45.7 Å². The third-order valence-corrected chi connectivity index (χ3v) is 4.85. The van der Waals surface area contributed by atoms with E-state index in [-0.39, 0.29) is 29.5 Å². The molecule has 0 aromatic rings. The Labute approximate surface area is 110 Å². The van der Waals surface area contributed by atoms with Crippen LogP contribution in [-0.4, -0.2) is 44.5 Å². The summed E-state index contributed by atoms with van der Waals surface area (Å²) in [5.41, 5.74) is 0. The summed E-state index contributed by atoms with van der Waals surface area (Å²) in [5, 5.41) is 5.95. The SMILES string of the molecule is CC(C)CNC(=O)C(C)NC1CCCS(=O)(=O)C1. The monoisotopic (exact) mass is 276 g/mol. The number of hydrogen-bond acceptors (Lipinski definition) is 4. The van der Waals surface area contributed by atoms with Crippen molar-refractivity contribution in [2.24, 2.45) is 5.92 Å². The molecule has 1 amide bonds. The summed E-state index contributed by atoms with van der Waals surface area (Å²) in [5.74, 6) is 0.774. The first-order valence-corrected chi connectivity index (χ1v) is 8.36. The molecular weight excluding hydrogens is 252 g/mol. The van der Waals surface area contributed by atoms with Crippen LogP contribution in [0.15, 0.2) is 0 Å². The van der Waals surface area contributed by atoms with E-state index in [4.69, 9.17) is 0 Å². The van der Waals surface area contributed by atoms with E-state index in [1.165, 1.54) is 0 Å². The second-order valence-electron chi connectivity index (χ2n) is 5.48. The number of carbonyl (C=O) groups is 1. The third-order valence-electron chi connectivity index (χ3n) is 3.03. The number of hydrogen-bond donors (Lipinski definition) is 2. The van der Waals surface area contributed by atoms with E-state index in [0.717, 1.165) is 6.42 Å². The summed E-state index contributed by atoms with van der Waals surface area (Å²) in [6, 6.07) is -0.439. The van der Waals surface area contributed by atoms with Crippen LogP contribution in [0.4, 0.5) is 0 Å².